The number of rotatable bonds is 6. The molecule has 0 saturated heterocycles. The van der Waals surface area contributed by atoms with E-state index < -0.39 is 5.97 Å². The molecule has 0 bridgehead atoms. The molecule has 0 saturated carbocycles. The fraction of sp³-hybridized carbons (Fsp3) is 0.200. The Morgan fingerprint density at radius 1 is 1.08 bits per heavy atom. The second-order valence-electron chi connectivity index (χ2n) is 5.42. The SMILES string of the molecule is CCOc1ccc(C2=N/C(=C/c3cccc(F)c3)C(=O)O2)cc1OCC. The fourth-order valence-electron chi connectivity index (χ4n) is 2.47. The first-order valence-electron chi connectivity index (χ1n) is 8.29. The normalized spacial score (nSPS) is 15.0. The zero-order valence-electron chi connectivity index (χ0n) is 14.5. The van der Waals surface area contributed by atoms with Crippen molar-refractivity contribution in [2.24, 2.45) is 4.99 Å². The Balaban J connectivity index is 1.92. The van der Waals surface area contributed by atoms with Crippen molar-refractivity contribution in [3.05, 3.63) is 65.1 Å². The molecule has 6 heteroatoms. The highest BCUT2D eigenvalue weighted by Gasteiger charge is 2.25. The van der Waals surface area contributed by atoms with Crippen LogP contribution in [-0.2, 0) is 9.53 Å². The third-order valence-corrected chi connectivity index (χ3v) is 3.56. The van der Waals surface area contributed by atoms with Gasteiger partial charge < -0.3 is 14.2 Å². The Morgan fingerprint density at radius 3 is 2.58 bits per heavy atom. The van der Waals surface area contributed by atoms with Crippen LogP contribution in [0.25, 0.3) is 6.08 Å². The van der Waals surface area contributed by atoms with Crippen LogP contribution >= 0.6 is 0 Å². The molecule has 2 aromatic rings. The number of esters is 1. The summed E-state index contributed by atoms with van der Waals surface area (Å²) in [4.78, 5) is 16.3. The second-order valence-corrected chi connectivity index (χ2v) is 5.42. The topological polar surface area (TPSA) is 57.1 Å². The molecule has 3 rings (SSSR count). The predicted molar refractivity (Wildman–Crippen MR) is 95.8 cm³/mol. The number of benzene rings is 2. The van der Waals surface area contributed by atoms with E-state index in [1.807, 2.05) is 13.8 Å². The van der Waals surface area contributed by atoms with Crippen LogP contribution in [-0.4, -0.2) is 25.1 Å². The lowest BCUT2D eigenvalue weighted by atomic mass is 10.2. The summed E-state index contributed by atoms with van der Waals surface area (Å²) in [6.07, 6.45) is 1.48. The minimum atomic E-state index is -0.587. The lowest BCUT2D eigenvalue weighted by molar-refractivity contribution is -0.129. The van der Waals surface area contributed by atoms with E-state index in [-0.39, 0.29) is 17.4 Å². The largest absolute Gasteiger partial charge is 0.490 e. The second kappa shape index (κ2) is 7.82. The molecule has 0 amide bonds. The molecule has 1 aliphatic rings. The van der Waals surface area contributed by atoms with Crippen LogP contribution in [0.4, 0.5) is 4.39 Å². The van der Waals surface area contributed by atoms with Crippen molar-refractivity contribution < 1.29 is 23.4 Å². The standard InChI is InChI=1S/C20H18FNO4/c1-3-24-17-9-8-14(12-18(17)25-4-2)19-22-16(20(23)26-19)11-13-6-5-7-15(21)10-13/h5-12H,3-4H2,1-2H3/b16-11+. The zero-order chi connectivity index (χ0) is 18.5. The molecule has 26 heavy (non-hydrogen) atoms. The van der Waals surface area contributed by atoms with Gasteiger partial charge in [0.15, 0.2) is 17.2 Å². The van der Waals surface area contributed by atoms with Crippen LogP contribution < -0.4 is 9.47 Å². The molecule has 0 atom stereocenters. The Labute approximate surface area is 150 Å². The Kier molecular flexibility index (Phi) is 5.31. The van der Waals surface area contributed by atoms with Gasteiger partial charge in [0.2, 0.25) is 5.90 Å². The van der Waals surface area contributed by atoms with E-state index >= 15 is 0 Å². The lowest BCUT2D eigenvalue weighted by Gasteiger charge is -2.11. The van der Waals surface area contributed by atoms with E-state index in [4.69, 9.17) is 14.2 Å². The van der Waals surface area contributed by atoms with Crippen molar-refractivity contribution >= 4 is 17.9 Å². The first kappa shape index (κ1) is 17.7. The summed E-state index contributed by atoms with van der Waals surface area (Å²) < 4.78 is 29.6. The maximum Gasteiger partial charge on any atom is 0.363 e. The van der Waals surface area contributed by atoms with E-state index in [9.17, 15) is 9.18 Å². The summed E-state index contributed by atoms with van der Waals surface area (Å²) >= 11 is 0. The van der Waals surface area contributed by atoms with E-state index in [0.717, 1.165) is 0 Å². The number of carbonyl (C=O) groups is 1. The van der Waals surface area contributed by atoms with Crippen LogP contribution in [0, 0.1) is 5.82 Å². The maximum absolute atomic E-state index is 13.3. The van der Waals surface area contributed by atoms with Gasteiger partial charge in [-0.25, -0.2) is 14.2 Å². The Bertz CT molecular complexity index is 889. The third kappa shape index (κ3) is 3.91. The predicted octanol–water partition coefficient (Wildman–Crippen LogP) is 3.97. The average Bonchev–Trinajstić information content (AvgIpc) is 2.97. The molecule has 1 heterocycles. The van der Waals surface area contributed by atoms with Gasteiger partial charge in [-0.3, -0.25) is 0 Å². The Hall–Kier alpha value is -3.15. The van der Waals surface area contributed by atoms with E-state index in [1.54, 1.807) is 30.3 Å². The number of ether oxygens (including phenoxy) is 3. The molecule has 0 aromatic heterocycles. The number of cyclic esters (lactones) is 1. The van der Waals surface area contributed by atoms with E-state index in [1.165, 1.54) is 18.2 Å². The molecular formula is C20H18FNO4. The van der Waals surface area contributed by atoms with Crippen LogP contribution in [0.15, 0.2) is 53.2 Å². The highest BCUT2D eigenvalue weighted by Crippen LogP contribution is 2.30. The number of halogens is 1. The lowest BCUT2D eigenvalue weighted by Crippen LogP contribution is -2.06. The van der Waals surface area contributed by atoms with Crippen molar-refractivity contribution in [1.29, 1.82) is 0 Å². The molecule has 0 spiro atoms. The first-order chi connectivity index (χ1) is 12.6. The van der Waals surface area contributed by atoms with Gasteiger partial charge in [0.05, 0.1) is 13.2 Å². The summed E-state index contributed by atoms with van der Waals surface area (Å²) in [6, 6.07) is 11.1. The molecule has 0 unspecified atom stereocenters. The van der Waals surface area contributed by atoms with E-state index in [0.29, 0.717) is 35.8 Å². The van der Waals surface area contributed by atoms with Crippen LogP contribution in [0.1, 0.15) is 25.0 Å². The van der Waals surface area contributed by atoms with Gasteiger partial charge in [-0.05, 0) is 55.8 Å². The zero-order valence-corrected chi connectivity index (χ0v) is 14.5. The van der Waals surface area contributed by atoms with Gasteiger partial charge in [-0.1, -0.05) is 12.1 Å². The third-order valence-electron chi connectivity index (χ3n) is 3.56. The number of nitrogens with zero attached hydrogens (tertiary/aromatic N) is 1. The summed E-state index contributed by atoms with van der Waals surface area (Å²) in [6.45, 7) is 4.74. The van der Waals surface area contributed by atoms with Gasteiger partial charge in [-0.15, -0.1) is 0 Å². The minimum Gasteiger partial charge on any atom is -0.490 e. The van der Waals surface area contributed by atoms with Crippen LogP contribution in [0.2, 0.25) is 0 Å². The highest BCUT2D eigenvalue weighted by molar-refractivity contribution is 6.13. The minimum absolute atomic E-state index is 0.109. The average molecular weight is 355 g/mol. The van der Waals surface area contributed by atoms with Gasteiger partial charge >= 0.3 is 5.97 Å². The number of carbonyl (C=O) groups excluding carboxylic acids is 1. The van der Waals surface area contributed by atoms with Crippen LogP contribution in [0.5, 0.6) is 11.5 Å². The highest BCUT2D eigenvalue weighted by atomic mass is 19.1. The monoisotopic (exact) mass is 355 g/mol. The summed E-state index contributed by atoms with van der Waals surface area (Å²) in [5, 5.41) is 0. The van der Waals surface area contributed by atoms with Crippen molar-refractivity contribution in [2.45, 2.75) is 13.8 Å². The smallest absolute Gasteiger partial charge is 0.363 e. The fourth-order valence-corrected chi connectivity index (χ4v) is 2.47. The molecule has 5 nitrogen and oxygen atoms in total. The molecule has 0 fully saturated rings. The Morgan fingerprint density at radius 2 is 1.85 bits per heavy atom. The number of aliphatic imine (C=N–C) groups is 1. The van der Waals surface area contributed by atoms with Gasteiger partial charge in [0.1, 0.15) is 5.82 Å². The molecule has 2 aromatic carbocycles. The van der Waals surface area contributed by atoms with Crippen LogP contribution in [0.3, 0.4) is 0 Å². The number of hydrogen-bond acceptors (Lipinski definition) is 5. The maximum atomic E-state index is 13.3. The molecule has 1 aliphatic heterocycles. The van der Waals surface area contributed by atoms with Gasteiger partial charge in [0.25, 0.3) is 0 Å². The molecule has 0 radical (unpaired) electrons. The van der Waals surface area contributed by atoms with Crippen molar-refractivity contribution in [3.8, 4) is 11.5 Å². The van der Waals surface area contributed by atoms with Crippen molar-refractivity contribution in [1.82, 2.24) is 0 Å². The van der Waals surface area contributed by atoms with Gasteiger partial charge in [0, 0.05) is 5.56 Å². The molecule has 0 aliphatic carbocycles. The summed E-state index contributed by atoms with van der Waals surface area (Å²) in [5.41, 5.74) is 1.23. The van der Waals surface area contributed by atoms with Crippen molar-refractivity contribution in [2.75, 3.05) is 13.2 Å². The summed E-state index contributed by atoms with van der Waals surface area (Å²) in [5.74, 6) is 0.354. The quantitative estimate of drug-likeness (QED) is 0.581. The molecule has 134 valence electrons. The summed E-state index contributed by atoms with van der Waals surface area (Å²) in [7, 11) is 0. The van der Waals surface area contributed by atoms with Crippen molar-refractivity contribution in [3.63, 3.8) is 0 Å². The number of hydrogen-bond donors (Lipinski definition) is 0. The first-order valence-corrected chi connectivity index (χ1v) is 8.29. The van der Waals surface area contributed by atoms with Gasteiger partial charge in [-0.2, -0.15) is 0 Å². The van der Waals surface area contributed by atoms with E-state index in [2.05, 4.69) is 4.99 Å². The molecular weight excluding hydrogens is 337 g/mol. The molecule has 0 N–H and O–H groups in total.